The van der Waals surface area contributed by atoms with Crippen molar-refractivity contribution in [2.24, 2.45) is 0 Å². The van der Waals surface area contributed by atoms with Crippen LogP contribution in [0, 0.1) is 11.3 Å². The third kappa shape index (κ3) is 4.11. The van der Waals surface area contributed by atoms with Gasteiger partial charge < -0.3 is 14.1 Å². The van der Waals surface area contributed by atoms with Crippen molar-refractivity contribution in [1.29, 1.82) is 5.26 Å². The van der Waals surface area contributed by atoms with Gasteiger partial charge in [0.25, 0.3) is 5.91 Å². The number of likely N-dealkylation sites (tertiary alicyclic amines) is 1. The molecule has 150 valence electrons. The molecule has 1 saturated heterocycles. The zero-order valence-electron chi connectivity index (χ0n) is 16.3. The van der Waals surface area contributed by atoms with Gasteiger partial charge in [0.15, 0.2) is 5.76 Å². The van der Waals surface area contributed by atoms with E-state index in [-0.39, 0.29) is 11.7 Å². The number of piperidine rings is 1. The van der Waals surface area contributed by atoms with E-state index in [1.807, 2.05) is 24.3 Å². The summed E-state index contributed by atoms with van der Waals surface area (Å²) in [6.07, 6.45) is 3.71. The molecule has 1 aliphatic rings. The molecule has 2 heterocycles. The molecule has 1 unspecified atom stereocenters. The van der Waals surface area contributed by atoms with E-state index in [1.54, 1.807) is 36.4 Å². The second-order valence-electron chi connectivity index (χ2n) is 7.12. The monoisotopic (exact) mass is 400 g/mol. The fraction of sp³-hybridized carbons (Fsp3) is 0.208. The summed E-state index contributed by atoms with van der Waals surface area (Å²) in [7, 11) is 0. The number of rotatable bonds is 4. The Morgan fingerprint density at radius 2 is 1.70 bits per heavy atom. The lowest BCUT2D eigenvalue weighted by molar-refractivity contribution is -0.140. The van der Waals surface area contributed by atoms with E-state index in [0.29, 0.717) is 24.3 Å². The quantitative estimate of drug-likeness (QED) is 0.478. The third-order valence-corrected chi connectivity index (χ3v) is 5.19. The van der Waals surface area contributed by atoms with E-state index >= 15 is 0 Å². The van der Waals surface area contributed by atoms with Gasteiger partial charge in [-0.3, -0.25) is 4.79 Å². The summed E-state index contributed by atoms with van der Waals surface area (Å²) < 4.78 is 10.8. The van der Waals surface area contributed by atoms with Crippen LogP contribution in [0.5, 0.6) is 5.75 Å². The van der Waals surface area contributed by atoms with Crippen LogP contribution in [0.4, 0.5) is 0 Å². The topological polar surface area (TPSA) is 83.5 Å². The molecule has 0 aliphatic carbocycles. The second kappa shape index (κ2) is 8.66. The first kappa shape index (κ1) is 19.5. The highest BCUT2D eigenvalue weighted by molar-refractivity contribution is 5.95. The minimum atomic E-state index is -0.630. The van der Waals surface area contributed by atoms with E-state index in [9.17, 15) is 9.59 Å². The molecule has 1 atom stereocenters. The van der Waals surface area contributed by atoms with Crippen molar-refractivity contribution < 1.29 is 18.7 Å². The molecule has 1 aromatic heterocycles. The van der Waals surface area contributed by atoms with E-state index in [4.69, 9.17) is 14.4 Å². The van der Waals surface area contributed by atoms with Crippen molar-refractivity contribution in [1.82, 2.24) is 4.90 Å². The average molecular weight is 400 g/mol. The molecule has 0 N–H and O–H groups in total. The Kier molecular flexibility index (Phi) is 5.62. The predicted octanol–water partition coefficient (Wildman–Crippen LogP) is 4.42. The van der Waals surface area contributed by atoms with Gasteiger partial charge in [0, 0.05) is 6.54 Å². The van der Waals surface area contributed by atoms with E-state index in [0.717, 1.165) is 24.0 Å². The Bertz CT molecular complexity index is 1060. The lowest BCUT2D eigenvalue weighted by atomic mass is 10.0. The number of benzene rings is 2. The summed E-state index contributed by atoms with van der Waals surface area (Å²) in [5.41, 5.74) is 2.52. The van der Waals surface area contributed by atoms with Crippen molar-refractivity contribution in [2.45, 2.75) is 25.3 Å². The predicted molar refractivity (Wildman–Crippen MR) is 110 cm³/mol. The Morgan fingerprint density at radius 3 is 2.33 bits per heavy atom. The molecule has 0 saturated carbocycles. The van der Waals surface area contributed by atoms with Crippen molar-refractivity contribution in [3.63, 3.8) is 0 Å². The summed E-state index contributed by atoms with van der Waals surface area (Å²) in [6.45, 7) is 0.497. The fourth-order valence-electron chi connectivity index (χ4n) is 3.60. The van der Waals surface area contributed by atoms with Gasteiger partial charge in [0.2, 0.25) is 0 Å². The first-order chi connectivity index (χ1) is 14.7. The Hall–Kier alpha value is -3.85. The number of ether oxygens (including phenoxy) is 1. The third-order valence-electron chi connectivity index (χ3n) is 5.19. The van der Waals surface area contributed by atoms with Crippen molar-refractivity contribution in [2.75, 3.05) is 6.54 Å². The molecule has 1 amide bonds. The Balaban J connectivity index is 1.45. The molecule has 6 heteroatoms. The smallest absolute Gasteiger partial charge is 0.334 e. The molecule has 4 rings (SSSR count). The van der Waals surface area contributed by atoms with Gasteiger partial charge in [0.1, 0.15) is 11.8 Å². The van der Waals surface area contributed by atoms with Crippen LogP contribution in [0.15, 0.2) is 71.3 Å². The largest absolute Gasteiger partial charge is 0.459 e. The SMILES string of the molecule is N#Cc1ccc(-c2ccc(OC(=O)C3CCCCN3C(=O)c3ccco3)cc2)cc1. The maximum absolute atomic E-state index is 12.8. The minimum Gasteiger partial charge on any atom is -0.459 e. The standard InChI is InChI=1S/C24H20N2O4/c25-16-17-6-8-18(9-7-17)19-10-12-20(13-11-19)30-24(28)21-4-1-2-14-26(21)23(27)22-5-3-15-29-22/h3,5-13,15,21H,1-2,4,14H2. The van der Waals surface area contributed by atoms with Crippen LogP contribution in [0.2, 0.25) is 0 Å². The van der Waals surface area contributed by atoms with E-state index < -0.39 is 12.0 Å². The number of nitriles is 1. The highest BCUT2D eigenvalue weighted by atomic mass is 16.5. The van der Waals surface area contributed by atoms with E-state index in [1.165, 1.54) is 11.2 Å². The molecule has 0 radical (unpaired) electrons. The lowest BCUT2D eigenvalue weighted by Gasteiger charge is -2.33. The van der Waals surface area contributed by atoms with Crippen LogP contribution in [-0.2, 0) is 4.79 Å². The van der Waals surface area contributed by atoms with Crippen LogP contribution in [-0.4, -0.2) is 29.4 Å². The molecule has 0 bridgehead atoms. The number of hydrogen-bond donors (Lipinski definition) is 0. The molecule has 2 aromatic carbocycles. The maximum Gasteiger partial charge on any atom is 0.334 e. The fourth-order valence-corrected chi connectivity index (χ4v) is 3.60. The first-order valence-corrected chi connectivity index (χ1v) is 9.82. The summed E-state index contributed by atoms with van der Waals surface area (Å²) in [6, 6.07) is 19.2. The highest BCUT2D eigenvalue weighted by Gasteiger charge is 2.35. The zero-order chi connectivity index (χ0) is 20.9. The molecular formula is C24H20N2O4. The number of carbonyl (C=O) groups excluding carboxylic acids is 2. The first-order valence-electron chi connectivity index (χ1n) is 9.82. The van der Waals surface area contributed by atoms with Crippen molar-refractivity contribution >= 4 is 11.9 Å². The normalized spacial score (nSPS) is 16.0. The lowest BCUT2D eigenvalue weighted by Crippen LogP contribution is -2.49. The molecule has 1 aliphatic heterocycles. The number of furan rings is 1. The highest BCUT2D eigenvalue weighted by Crippen LogP contribution is 2.25. The van der Waals surface area contributed by atoms with Gasteiger partial charge in [-0.1, -0.05) is 24.3 Å². The number of amides is 1. The van der Waals surface area contributed by atoms with Crippen LogP contribution in [0.1, 0.15) is 35.4 Å². The zero-order valence-corrected chi connectivity index (χ0v) is 16.3. The summed E-state index contributed by atoms with van der Waals surface area (Å²) in [4.78, 5) is 27.0. The van der Waals surface area contributed by atoms with Crippen LogP contribution in [0.3, 0.4) is 0 Å². The van der Waals surface area contributed by atoms with Gasteiger partial charge in [0.05, 0.1) is 17.9 Å². The number of hydrogen-bond acceptors (Lipinski definition) is 5. The van der Waals surface area contributed by atoms with Crippen molar-refractivity contribution in [3.05, 3.63) is 78.3 Å². The second-order valence-corrected chi connectivity index (χ2v) is 7.12. The Labute approximate surface area is 174 Å². The van der Waals surface area contributed by atoms with Crippen LogP contribution < -0.4 is 4.74 Å². The molecule has 1 fully saturated rings. The molecular weight excluding hydrogens is 380 g/mol. The Morgan fingerprint density at radius 1 is 1.00 bits per heavy atom. The summed E-state index contributed by atoms with van der Waals surface area (Å²) in [5, 5.41) is 8.91. The van der Waals surface area contributed by atoms with Crippen LogP contribution in [0.25, 0.3) is 11.1 Å². The van der Waals surface area contributed by atoms with Gasteiger partial charge in [-0.25, -0.2) is 4.79 Å². The maximum atomic E-state index is 12.8. The molecule has 3 aromatic rings. The number of esters is 1. The van der Waals surface area contributed by atoms with E-state index in [2.05, 4.69) is 6.07 Å². The summed E-state index contributed by atoms with van der Waals surface area (Å²) >= 11 is 0. The van der Waals surface area contributed by atoms with Gasteiger partial charge in [-0.15, -0.1) is 0 Å². The molecule has 30 heavy (non-hydrogen) atoms. The van der Waals surface area contributed by atoms with Crippen LogP contribution >= 0.6 is 0 Å². The van der Waals surface area contributed by atoms with Gasteiger partial charge >= 0.3 is 5.97 Å². The minimum absolute atomic E-state index is 0.224. The van der Waals surface area contributed by atoms with Gasteiger partial charge in [-0.05, 0) is 66.8 Å². The van der Waals surface area contributed by atoms with Crippen molar-refractivity contribution in [3.8, 4) is 22.9 Å². The molecule has 6 nitrogen and oxygen atoms in total. The number of carbonyl (C=O) groups is 2. The average Bonchev–Trinajstić information content (AvgIpc) is 3.34. The summed E-state index contributed by atoms with van der Waals surface area (Å²) in [5.74, 6) is -0.0895. The number of nitrogens with zero attached hydrogens (tertiary/aromatic N) is 2. The van der Waals surface area contributed by atoms with Gasteiger partial charge in [-0.2, -0.15) is 5.26 Å². The molecule has 0 spiro atoms.